The summed E-state index contributed by atoms with van der Waals surface area (Å²) in [5.74, 6) is -2.84. The Morgan fingerprint density at radius 3 is 1.39 bits per heavy atom. The average molecular weight is 682 g/mol. The van der Waals surface area contributed by atoms with Crippen LogP contribution in [0.5, 0.6) is 0 Å². The van der Waals surface area contributed by atoms with Gasteiger partial charge in [0.15, 0.2) is 0 Å². The summed E-state index contributed by atoms with van der Waals surface area (Å²) in [5, 5.41) is 56.8. The van der Waals surface area contributed by atoms with Crippen LogP contribution >= 0.6 is 0 Å². The van der Waals surface area contributed by atoms with Crippen LogP contribution in [0.4, 0.5) is 0 Å². The van der Waals surface area contributed by atoms with E-state index in [1.165, 1.54) is 0 Å². The second-order valence-corrected chi connectivity index (χ2v) is 18.8. The number of fused-ring (bicyclic) bond motifs is 4. The van der Waals surface area contributed by atoms with Crippen LogP contribution in [0, 0.1) is 0 Å². The molecule has 4 fully saturated rings. The first-order valence-electron chi connectivity index (χ1n) is 8.27. The number of aliphatic carboxylic acids is 2. The maximum absolute atomic E-state index is 11.5. The molecule has 0 saturated carbocycles. The molecular formula is C12H22O17Sb2. The van der Waals surface area contributed by atoms with Gasteiger partial charge in [0, 0.05) is 0 Å². The Balaban J connectivity index is 0.00000171. The standard InChI is InChI=1S/2C6H9O7.2H2O.O.2Sb/c2*7-1-2(8)3(9)4(10)5(11)6(12)13;;;;;/h2*2-5,7-8H,1H2,(H,12,13);2*1H2;;;/q2*-3;;;;2*+3. The third-order valence-corrected chi connectivity index (χ3v) is 21.8. The minimum atomic E-state index is -5.13. The van der Waals surface area contributed by atoms with Gasteiger partial charge in [-0.15, -0.1) is 0 Å². The predicted octanol–water partition coefficient (Wildman–Crippen LogP) is -6.53. The Morgan fingerprint density at radius 2 is 1.10 bits per heavy atom. The van der Waals surface area contributed by atoms with Gasteiger partial charge in [-0.05, 0) is 0 Å². The molecule has 4 rings (SSSR count). The van der Waals surface area contributed by atoms with E-state index in [9.17, 15) is 30.0 Å². The maximum atomic E-state index is 11.5. The molecule has 0 amide bonds. The molecule has 10 N–H and O–H groups in total. The van der Waals surface area contributed by atoms with Gasteiger partial charge >= 0.3 is 175 Å². The average Bonchev–Trinajstić information content (AvgIpc) is 3.42. The van der Waals surface area contributed by atoms with Crippen LogP contribution in [-0.4, -0.2) is 157 Å². The fourth-order valence-corrected chi connectivity index (χ4v) is 23.5. The van der Waals surface area contributed by atoms with E-state index in [-0.39, 0.29) is 11.0 Å². The van der Waals surface area contributed by atoms with Crippen molar-refractivity contribution in [2.45, 2.75) is 48.8 Å². The van der Waals surface area contributed by atoms with E-state index >= 15 is 0 Å². The van der Waals surface area contributed by atoms with Crippen LogP contribution in [-0.2, 0) is 29.0 Å². The SMILES string of the molecule is O.O.O=C(O)C1[O][Sb]2([O][Sb]34[O]C(C(=O)O)C([O]3)C(C(O)CO)[O]4)[O]C(C(O)CO)C1[O]2. The molecule has 4 heterocycles. The van der Waals surface area contributed by atoms with Crippen molar-refractivity contribution in [3.05, 3.63) is 0 Å². The van der Waals surface area contributed by atoms with Crippen LogP contribution in [0.15, 0.2) is 0 Å². The van der Waals surface area contributed by atoms with Crippen LogP contribution in [0.2, 0.25) is 0 Å². The Bertz CT molecular complexity index is 640. The summed E-state index contributed by atoms with van der Waals surface area (Å²) in [6, 6.07) is 0. The van der Waals surface area contributed by atoms with Crippen molar-refractivity contribution in [3.63, 3.8) is 0 Å². The molecule has 4 aliphatic rings. The molecule has 19 heteroatoms. The van der Waals surface area contributed by atoms with E-state index in [1.807, 2.05) is 0 Å². The zero-order valence-electron chi connectivity index (χ0n) is 15.3. The number of hydrogen-bond donors (Lipinski definition) is 6. The molecule has 0 aromatic rings. The molecule has 17 nitrogen and oxygen atoms in total. The minimum absolute atomic E-state index is 0. The second-order valence-electron chi connectivity index (χ2n) is 6.48. The Hall–Kier alpha value is 0.0564. The summed E-state index contributed by atoms with van der Waals surface area (Å²) in [4.78, 5) is 22.9. The van der Waals surface area contributed by atoms with Gasteiger partial charge in [0.05, 0.1) is 0 Å². The quantitative estimate of drug-likeness (QED) is 0.130. The second kappa shape index (κ2) is 9.73. The number of aliphatic hydroxyl groups excluding tert-OH is 4. The van der Waals surface area contributed by atoms with Crippen molar-refractivity contribution in [2.75, 3.05) is 13.2 Å². The van der Waals surface area contributed by atoms with Crippen LogP contribution in [0.25, 0.3) is 0 Å². The molecule has 10 atom stereocenters. The summed E-state index contributed by atoms with van der Waals surface area (Å²) in [6.45, 7) is -1.50. The molecule has 0 spiro atoms. The fraction of sp³-hybridized carbons (Fsp3) is 0.833. The molecule has 2 radical (unpaired) electrons. The third kappa shape index (κ3) is 4.56. The topological polar surface area (TPSA) is 283 Å². The van der Waals surface area contributed by atoms with Gasteiger partial charge in [-0.1, -0.05) is 0 Å². The monoisotopic (exact) mass is 680 g/mol. The van der Waals surface area contributed by atoms with E-state index in [2.05, 4.69) is 0 Å². The first-order chi connectivity index (χ1) is 13.6. The van der Waals surface area contributed by atoms with Crippen molar-refractivity contribution in [2.24, 2.45) is 0 Å². The Morgan fingerprint density at radius 1 is 0.742 bits per heavy atom. The molecule has 4 bridgehead atoms. The van der Waals surface area contributed by atoms with Gasteiger partial charge in [-0.3, -0.25) is 0 Å². The van der Waals surface area contributed by atoms with Gasteiger partial charge < -0.3 is 11.0 Å². The third-order valence-electron chi connectivity index (χ3n) is 4.55. The van der Waals surface area contributed by atoms with Crippen LogP contribution < -0.4 is 0 Å². The van der Waals surface area contributed by atoms with Crippen LogP contribution in [0.1, 0.15) is 0 Å². The molecule has 0 aromatic heterocycles. The number of carbonyl (C=O) groups is 2. The summed E-state index contributed by atoms with van der Waals surface area (Å²) in [6.07, 6.45) is -11.2. The number of carboxylic acids is 2. The first kappa shape index (κ1) is 27.3. The molecule has 4 saturated heterocycles. The summed E-state index contributed by atoms with van der Waals surface area (Å²) in [5.41, 5.74) is 0. The summed E-state index contributed by atoms with van der Waals surface area (Å²) >= 11 is -10.3. The molecule has 182 valence electrons. The number of carboxylic acid groups (broad SMARTS) is 2. The zero-order chi connectivity index (χ0) is 21.1. The van der Waals surface area contributed by atoms with E-state index in [0.717, 1.165) is 0 Å². The molecule has 31 heavy (non-hydrogen) atoms. The van der Waals surface area contributed by atoms with Crippen molar-refractivity contribution < 1.29 is 70.6 Å². The van der Waals surface area contributed by atoms with Gasteiger partial charge in [0.2, 0.25) is 0 Å². The molecule has 0 aliphatic carbocycles. The molecule has 4 aliphatic heterocycles. The number of aliphatic hydroxyl groups is 4. The fourth-order valence-electron chi connectivity index (χ4n) is 3.23. The van der Waals surface area contributed by atoms with Crippen molar-refractivity contribution in [1.29, 1.82) is 0 Å². The molecular weight excluding hydrogens is 660 g/mol. The van der Waals surface area contributed by atoms with Gasteiger partial charge in [-0.25, -0.2) is 0 Å². The van der Waals surface area contributed by atoms with Crippen molar-refractivity contribution >= 4 is 52.9 Å². The van der Waals surface area contributed by atoms with Gasteiger partial charge in [0.25, 0.3) is 0 Å². The van der Waals surface area contributed by atoms with E-state index in [0.29, 0.717) is 0 Å². The van der Waals surface area contributed by atoms with Gasteiger partial charge in [-0.2, -0.15) is 0 Å². The van der Waals surface area contributed by atoms with Crippen LogP contribution in [0.3, 0.4) is 0 Å². The van der Waals surface area contributed by atoms with E-state index in [1.54, 1.807) is 0 Å². The first-order valence-corrected chi connectivity index (χ1v) is 16.6. The van der Waals surface area contributed by atoms with E-state index in [4.69, 9.17) is 29.6 Å². The van der Waals surface area contributed by atoms with E-state index < -0.39 is 115 Å². The Kier molecular flexibility index (Phi) is 8.57. The summed E-state index contributed by atoms with van der Waals surface area (Å²) < 4.78 is 38.5. The number of rotatable bonds is 8. The predicted molar refractivity (Wildman–Crippen MR) is 90.5 cm³/mol. The zero-order valence-corrected chi connectivity index (χ0v) is 20.4. The molecule has 0 aromatic carbocycles. The van der Waals surface area contributed by atoms with Crippen molar-refractivity contribution in [3.8, 4) is 0 Å². The Labute approximate surface area is 185 Å². The summed E-state index contributed by atoms with van der Waals surface area (Å²) in [7, 11) is 0. The normalized spacial score (nSPS) is 44.4. The molecule has 10 unspecified atom stereocenters. The number of hydrogen-bond acceptors (Lipinski definition) is 13. The van der Waals surface area contributed by atoms with Gasteiger partial charge in [0.1, 0.15) is 0 Å². The van der Waals surface area contributed by atoms with Crippen molar-refractivity contribution in [1.82, 2.24) is 0 Å².